The van der Waals surface area contributed by atoms with Crippen LogP contribution < -0.4 is 5.73 Å². The average molecular weight is 162 g/mol. The van der Waals surface area contributed by atoms with Gasteiger partial charge in [-0.3, -0.25) is 4.98 Å². The van der Waals surface area contributed by atoms with Crippen molar-refractivity contribution in [2.45, 2.75) is 31.2 Å². The first-order chi connectivity index (χ1) is 5.79. The van der Waals surface area contributed by atoms with Gasteiger partial charge in [0.15, 0.2) is 0 Å². The Kier molecular flexibility index (Phi) is 1.85. The Hall–Kier alpha value is -0.890. The van der Waals surface area contributed by atoms with Crippen LogP contribution in [-0.2, 0) is 6.42 Å². The highest BCUT2D eigenvalue weighted by Crippen LogP contribution is 2.36. The maximum atomic E-state index is 5.97. The normalized spacial score (nSPS) is 19.1. The van der Waals surface area contributed by atoms with Crippen molar-refractivity contribution in [1.29, 1.82) is 0 Å². The fraction of sp³-hybridized carbons (Fsp3) is 0.500. The molecule has 0 unspecified atom stereocenters. The number of nitrogens with zero attached hydrogens (tertiary/aromatic N) is 1. The molecule has 2 heteroatoms. The quantitative estimate of drug-likeness (QED) is 0.731. The van der Waals surface area contributed by atoms with Crippen LogP contribution in [0.2, 0.25) is 0 Å². The Bertz CT molecular complexity index is 252. The molecule has 0 radical (unpaired) electrons. The second-order valence-electron chi connectivity index (χ2n) is 3.68. The molecule has 0 spiro atoms. The molecule has 0 bridgehead atoms. The minimum atomic E-state index is 0.164. The molecule has 1 aromatic rings. The highest BCUT2D eigenvalue weighted by atomic mass is 14.8. The molecule has 1 aromatic heterocycles. The van der Waals surface area contributed by atoms with Gasteiger partial charge >= 0.3 is 0 Å². The van der Waals surface area contributed by atoms with Crippen LogP contribution in [0.15, 0.2) is 24.4 Å². The van der Waals surface area contributed by atoms with E-state index in [4.69, 9.17) is 5.73 Å². The summed E-state index contributed by atoms with van der Waals surface area (Å²) < 4.78 is 0. The third-order valence-electron chi connectivity index (χ3n) is 2.50. The predicted molar refractivity (Wildman–Crippen MR) is 48.7 cm³/mol. The Balaban J connectivity index is 1.88. The number of rotatable bonds is 3. The van der Waals surface area contributed by atoms with Crippen LogP contribution in [0.5, 0.6) is 0 Å². The summed E-state index contributed by atoms with van der Waals surface area (Å²) in [6, 6.07) is 6.03. The molecule has 2 rings (SSSR count). The van der Waals surface area contributed by atoms with Crippen LogP contribution in [0, 0.1) is 0 Å². The molecule has 0 aromatic carbocycles. The zero-order chi connectivity index (χ0) is 8.44. The van der Waals surface area contributed by atoms with Crippen molar-refractivity contribution in [2.24, 2.45) is 5.73 Å². The summed E-state index contributed by atoms with van der Waals surface area (Å²) in [5, 5.41) is 0. The Morgan fingerprint density at radius 3 is 2.83 bits per heavy atom. The predicted octanol–water partition coefficient (Wildman–Crippen LogP) is 1.51. The summed E-state index contributed by atoms with van der Waals surface area (Å²) in [6.45, 7) is 0. The summed E-state index contributed by atoms with van der Waals surface area (Å²) in [6.07, 6.45) is 6.34. The van der Waals surface area contributed by atoms with Crippen LogP contribution in [0.1, 0.15) is 25.0 Å². The molecule has 1 aliphatic carbocycles. The minimum Gasteiger partial charge on any atom is -0.325 e. The van der Waals surface area contributed by atoms with Crippen molar-refractivity contribution in [1.82, 2.24) is 4.98 Å². The van der Waals surface area contributed by atoms with E-state index in [1.54, 1.807) is 0 Å². The van der Waals surface area contributed by atoms with Gasteiger partial charge in [0.2, 0.25) is 0 Å². The van der Waals surface area contributed by atoms with E-state index in [9.17, 15) is 0 Å². The van der Waals surface area contributed by atoms with Gasteiger partial charge in [0.05, 0.1) is 0 Å². The zero-order valence-electron chi connectivity index (χ0n) is 7.16. The lowest BCUT2D eigenvalue weighted by Gasteiger charge is -2.06. The molecule has 0 aliphatic heterocycles. The van der Waals surface area contributed by atoms with Crippen molar-refractivity contribution in [2.75, 3.05) is 0 Å². The monoisotopic (exact) mass is 162 g/mol. The van der Waals surface area contributed by atoms with E-state index in [1.165, 1.54) is 12.8 Å². The third-order valence-corrected chi connectivity index (χ3v) is 2.50. The zero-order valence-corrected chi connectivity index (χ0v) is 7.16. The first-order valence-corrected chi connectivity index (χ1v) is 4.47. The third kappa shape index (κ3) is 1.83. The van der Waals surface area contributed by atoms with Gasteiger partial charge in [-0.1, -0.05) is 6.07 Å². The van der Waals surface area contributed by atoms with Crippen LogP contribution in [0.3, 0.4) is 0 Å². The van der Waals surface area contributed by atoms with Crippen LogP contribution in [0.25, 0.3) is 0 Å². The molecule has 1 fully saturated rings. The number of hydrogen-bond acceptors (Lipinski definition) is 2. The van der Waals surface area contributed by atoms with E-state index < -0.39 is 0 Å². The van der Waals surface area contributed by atoms with Crippen LogP contribution in [-0.4, -0.2) is 10.5 Å². The van der Waals surface area contributed by atoms with Crippen molar-refractivity contribution >= 4 is 0 Å². The molecule has 12 heavy (non-hydrogen) atoms. The highest BCUT2D eigenvalue weighted by Gasteiger charge is 2.37. The number of aryl methyl sites for hydroxylation is 1. The van der Waals surface area contributed by atoms with E-state index in [0.717, 1.165) is 18.5 Å². The lowest BCUT2D eigenvalue weighted by Crippen LogP contribution is -2.22. The SMILES string of the molecule is NC1(CCc2ccccn2)CC1. The second-order valence-corrected chi connectivity index (χ2v) is 3.68. The summed E-state index contributed by atoms with van der Waals surface area (Å²) in [5.74, 6) is 0. The van der Waals surface area contributed by atoms with Gasteiger partial charge in [0.25, 0.3) is 0 Å². The van der Waals surface area contributed by atoms with Gasteiger partial charge in [-0.05, 0) is 37.8 Å². The molecule has 1 heterocycles. The van der Waals surface area contributed by atoms with E-state index in [0.29, 0.717) is 0 Å². The minimum absolute atomic E-state index is 0.164. The molecule has 2 N–H and O–H groups in total. The Labute approximate surface area is 72.8 Å². The van der Waals surface area contributed by atoms with Gasteiger partial charge < -0.3 is 5.73 Å². The number of hydrogen-bond donors (Lipinski definition) is 1. The number of aromatic nitrogens is 1. The highest BCUT2D eigenvalue weighted by molar-refractivity contribution is 5.07. The Morgan fingerprint density at radius 2 is 2.25 bits per heavy atom. The van der Waals surface area contributed by atoms with Crippen LogP contribution >= 0.6 is 0 Å². The standard InChI is InChI=1S/C10H14N2/c11-10(6-7-10)5-4-9-3-1-2-8-12-9/h1-3,8H,4-7,11H2. The molecule has 0 saturated heterocycles. The van der Waals surface area contributed by atoms with Crippen molar-refractivity contribution in [3.63, 3.8) is 0 Å². The van der Waals surface area contributed by atoms with Gasteiger partial charge in [0, 0.05) is 17.4 Å². The van der Waals surface area contributed by atoms with Crippen molar-refractivity contribution in [3.05, 3.63) is 30.1 Å². The second kappa shape index (κ2) is 2.87. The molecule has 0 atom stereocenters. The smallest absolute Gasteiger partial charge is 0.0404 e. The average Bonchev–Trinajstić information content (AvgIpc) is 2.84. The molecule has 1 aliphatic rings. The molecule has 64 valence electrons. The summed E-state index contributed by atoms with van der Waals surface area (Å²) in [5.41, 5.74) is 7.29. The number of pyridine rings is 1. The molecular weight excluding hydrogens is 148 g/mol. The van der Waals surface area contributed by atoms with E-state index >= 15 is 0 Å². The summed E-state index contributed by atoms with van der Waals surface area (Å²) >= 11 is 0. The Morgan fingerprint density at radius 1 is 1.42 bits per heavy atom. The molecule has 2 nitrogen and oxygen atoms in total. The number of nitrogens with two attached hydrogens (primary N) is 1. The van der Waals surface area contributed by atoms with Crippen molar-refractivity contribution in [3.8, 4) is 0 Å². The van der Waals surface area contributed by atoms with E-state index in [2.05, 4.69) is 11.1 Å². The van der Waals surface area contributed by atoms with Gasteiger partial charge in [0.1, 0.15) is 0 Å². The summed E-state index contributed by atoms with van der Waals surface area (Å²) in [4.78, 5) is 4.25. The maximum Gasteiger partial charge on any atom is 0.0404 e. The topological polar surface area (TPSA) is 38.9 Å². The largest absolute Gasteiger partial charge is 0.325 e. The van der Waals surface area contributed by atoms with Crippen molar-refractivity contribution < 1.29 is 0 Å². The first-order valence-electron chi connectivity index (χ1n) is 4.47. The summed E-state index contributed by atoms with van der Waals surface area (Å²) in [7, 11) is 0. The maximum absolute atomic E-state index is 5.97. The van der Waals surface area contributed by atoms with E-state index in [1.807, 2.05) is 18.3 Å². The fourth-order valence-electron chi connectivity index (χ4n) is 1.33. The molecule has 1 saturated carbocycles. The lowest BCUT2D eigenvalue weighted by atomic mass is 10.1. The van der Waals surface area contributed by atoms with E-state index in [-0.39, 0.29) is 5.54 Å². The molecule has 0 amide bonds. The lowest BCUT2D eigenvalue weighted by molar-refractivity contribution is 0.603. The van der Waals surface area contributed by atoms with Crippen LogP contribution in [0.4, 0.5) is 0 Å². The van der Waals surface area contributed by atoms with Gasteiger partial charge in [-0.2, -0.15) is 0 Å². The van der Waals surface area contributed by atoms with Gasteiger partial charge in [-0.15, -0.1) is 0 Å². The molecular formula is C10H14N2. The van der Waals surface area contributed by atoms with Gasteiger partial charge in [-0.25, -0.2) is 0 Å². The fourth-order valence-corrected chi connectivity index (χ4v) is 1.33. The first kappa shape index (κ1) is 7.74.